The number of aromatic nitrogens is 1. The maximum atomic E-state index is 12.2. The molecule has 0 aliphatic carbocycles. The van der Waals surface area contributed by atoms with E-state index >= 15 is 0 Å². The number of likely N-dealkylation sites (tertiary alicyclic amines) is 1. The van der Waals surface area contributed by atoms with Gasteiger partial charge in [-0.05, 0) is 68.3 Å². The standard InChI is InChI=1S/C15H21IN2O3/c1-15(2,3)21-14(20)17-8-4-6-11(10-17)18-9-5-7-12(16)13(18)19/h5,7,9,11H,4,6,8,10H2,1-3H3. The number of carbonyl (C=O) groups excluding carboxylic acids is 1. The van der Waals surface area contributed by atoms with Crippen molar-refractivity contribution in [3.63, 3.8) is 0 Å². The minimum atomic E-state index is -0.497. The van der Waals surface area contributed by atoms with Gasteiger partial charge in [-0.15, -0.1) is 0 Å². The van der Waals surface area contributed by atoms with Crippen molar-refractivity contribution in [2.45, 2.75) is 45.3 Å². The first kappa shape index (κ1) is 16.3. The lowest BCUT2D eigenvalue weighted by atomic mass is 10.1. The molecule has 1 aliphatic heterocycles. The summed E-state index contributed by atoms with van der Waals surface area (Å²) in [7, 11) is 0. The number of halogens is 1. The van der Waals surface area contributed by atoms with Crippen LogP contribution < -0.4 is 5.56 Å². The van der Waals surface area contributed by atoms with Crippen LogP contribution in [0.1, 0.15) is 39.7 Å². The Bertz CT molecular complexity index is 577. The van der Waals surface area contributed by atoms with E-state index < -0.39 is 5.60 Å². The van der Waals surface area contributed by atoms with Gasteiger partial charge in [-0.25, -0.2) is 4.79 Å². The number of carbonyl (C=O) groups is 1. The molecule has 21 heavy (non-hydrogen) atoms. The van der Waals surface area contributed by atoms with Crippen LogP contribution in [0.3, 0.4) is 0 Å². The fourth-order valence-electron chi connectivity index (χ4n) is 2.44. The van der Waals surface area contributed by atoms with Crippen LogP contribution >= 0.6 is 22.6 Å². The average Bonchev–Trinajstić information content (AvgIpc) is 2.40. The third-order valence-corrected chi connectivity index (χ3v) is 4.19. The zero-order chi connectivity index (χ0) is 15.6. The highest BCUT2D eigenvalue weighted by atomic mass is 127. The lowest BCUT2D eigenvalue weighted by Crippen LogP contribution is -2.45. The third-order valence-electron chi connectivity index (χ3n) is 3.37. The Hall–Kier alpha value is -1.05. The number of nitrogens with zero attached hydrogens (tertiary/aromatic N) is 2. The van der Waals surface area contributed by atoms with Crippen LogP contribution in [0, 0.1) is 3.57 Å². The average molecular weight is 404 g/mol. The monoisotopic (exact) mass is 404 g/mol. The third kappa shape index (κ3) is 4.21. The maximum Gasteiger partial charge on any atom is 0.410 e. The second-order valence-corrected chi connectivity index (χ2v) is 7.45. The van der Waals surface area contributed by atoms with E-state index in [4.69, 9.17) is 4.74 Å². The molecule has 1 amide bonds. The van der Waals surface area contributed by atoms with Gasteiger partial charge in [-0.1, -0.05) is 0 Å². The summed E-state index contributed by atoms with van der Waals surface area (Å²) in [6.07, 6.45) is 3.28. The smallest absolute Gasteiger partial charge is 0.410 e. The lowest BCUT2D eigenvalue weighted by Gasteiger charge is -2.34. The summed E-state index contributed by atoms with van der Waals surface area (Å²) in [4.78, 5) is 26.1. The Balaban J connectivity index is 2.12. The molecule has 5 nitrogen and oxygen atoms in total. The first-order valence-corrected chi connectivity index (χ1v) is 8.20. The molecule has 1 saturated heterocycles. The van der Waals surface area contributed by atoms with Crippen molar-refractivity contribution in [2.75, 3.05) is 13.1 Å². The highest BCUT2D eigenvalue weighted by Gasteiger charge is 2.28. The molecule has 1 unspecified atom stereocenters. The number of hydrogen-bond acceptors (Lipinski definition) is 3. The van der Waals surface area contributed by atoms with Crippen molar-refractivity contribution >= 4 is 28.7 Å². The number of ether oxygens (including phenoxy) is 1. The van der Waals surface area contributed by atoms with Crippen molar-refractivity contribution in [3.8, 4) is 0 Å². The van der Waals surface area contributed by atoms with Gasteiger partial charge < -0.3 is 14.2 Å². The number of pyridine rings is 1. The van der Waals surface area contributed by atoms with Gasteiger partial charge in [-0.2, -0.15) is 0 Å². The molecule has 1 fully saturated rings. The van der Waals surface area contributed by atoms with E-state index in [9.17, 15) is 9.59 Å². The minimum Gasteiger partial charge on any atom is -0.444 e. The molecule has 2 rings (SSSR count). The van der Waals surface area contributed by atoms with Gasteiger partial charge in [0.25, 0.3) is 5.56 Å². The van der Waals surface area contributed by atoms with Crippen LogP contribution in [0.15, 0.2) is 23.1 Å². The van der Waals surface area contributed by atoms with E-state index in [-0.39, 0.29) is 17.7 Å². The van der Waals surface area contributed by atoms with Crippen molar-refractivity contribution < 1.29 is 9.53 Å². The van der Waals surface area contributed by atoms with Gasteiger partial charge >= 0.3 is 6.09 Å². The molecule has 2 heterocycles. The summed E-state index contributed by atoms with van der Waals surface area (Å²) in [5.41, 5.74) is -0.489. The molecule has 0 spiro atoms. The molecular formula is C15H21IN2O3. The summed E-state index contributed by atoms with van der Waals surface area (Å²) in [5.74, 6) is 0. The Labute approximate surface area is 138 Å². The van der Waals surface area contributed by atoms with Crippen LogP contribution in [0.2, 0.25) is 0 Å². The molecule has 1 aromatic heterocycles. The van der Waals surface area contributed by atoms with Crippen molar-refractivity contribution in [3.05, 3.63) is 32.3 Å². The zero-order valence-corrected chi connectivity index (χ0v) is 14.8. The molecule has 0 bridgehead atoms. The summed E-state index contributed by atoms with van der Waals surface area (Å²) < 4.78 is 7.85. The fourth-order valence-corrected chi connectivity index (χ4v) is 2.93. The molecule has 0 radical (unpaired) electrons. The van der Waals surface area contributed by atoms with Crippen molar-refractivity contribution in [1.29, 1.82) is 0 Å². The van der Waals surface area contributed by atoms with E-state index in [0.717, 1.165) is 12.8 Å². The Kier molecular flexibility index (Phi) is 4.95. The van der Waals surface area contributed by atoms with Gasteiger partial charge in [0.05, 0.1) is 9.61 Å². The number of amides is 1. The van der Waals surface area contributed by atoms with Crippen molar-refractivity contribution in [1.82, 2.24) is 9.47 Å². The molecular weight excluding hydrogens is 383 g/mol. The highest BCUT2D eigenvalue weighted by molar-refractivity contribution is 14.1. The first-order valence-electron chi connectivity index (χ1n) is 7.12. The Morgan fingerprint density at radius 1 is 1.43 bits per heavy atom. The molecule has 0 aromatic carbocycles. The van der Waals surface area contributed by atoms with Crippen molar-refractivity contribution in [2.24, 2.45) is 0 Å². The number of hydrogen-bond donors (Lipinski definition) is 0. The van der Waals surface area contributed by atoms with E-state index in [2.05, 4.69) is 0 Å². The maximum absolute atomic E-state index is 12.2. The number of piperidine rings is 1. The molecule has 6 heteroatoms. The molecule has 1 aromatic rings. The van der Waals surface area contributed by atoms with Gasteiger partial charge in [0, 0.05) is 19.3 Å². The van der Waals surface area contributed by atoms with E-state index in [1.807, 2.05) is 49.4 Å². The molecule has 116 valence electrons. The molecule has 1 atom stereocenters. The Morgan fingerprint density at radius 2 is 2.14 bits per heavy atom. The summed E-state index contributed by atoms with van der Waals surface area (Å²) in [6.45, 7) is 6.78. The largest absolute Gasteiger partial charge is 0.444 e. The van der Waals surface area contributed by atoms with Crippen LogP contribution in [0.25, 0.3) is 0 Å². The Morgan fingerprint density at radius 3 is 2.81 bits per heavy atom. The predicted molar refractivity (Wildman–Crippen MR) is 89.5 cm³/mol. The van der Waals surface area contributed by atoms with Gasteiger partial charge in [-0.3, -0.25) is 4.79 Å². The topological polar surface area (TPSA) is 51.5 Å². The van der Waals surface area contributed by atoms with Crippen LogP contribution in [0.4, 0.5) is 4.79 Å². The van der Waals surface area contributed by atoms with Gasteiger partial charge in [0.1, 0.15) is 5.60 Å². The van der Waals surface area contributed by atoms with E-state index in [1.165, 1.54) is 0 Å². The SMILES string of the molecule is CC(C)(C)OC(=O)N1CCCC(n2cccc(I)c2=O)C1. The zero-order valence-electron chi connectivity index (χ0n) is 12.6. The normalized spacial score (nSPS) is 19.4. The molecule has 1 aliphatic rings. The minimum absolute atomic E-state index is 0.00846. The predicted octanol–water partition coefficient (Wildman–Crippen LogP) is 3.02. The molecule has 0 saturated carbocycles. The second-order valence-electron chi connectivity index (χ2n) is 6.29. The highest BCUT2D eigenvalue weighted by Crippen LogP contribution is 2.22. The van der Waals surface area contributed by atoms with E-state index in [1.54, 1.807) is 21.7 Å². The first-order chi connectivity index (χ1) is 9.78. The van der Waals surface area contributed by atoms with Gasteiger partial charge in [0.15, 0.2) is 0 Å². The van der Waals surface area contributed by atoms with E-state index in [0.29, 0.717) is 16.7 Å². The number of rotatable bonds is 1. The van der Waals surface area contributed by atoms with Crippen LogP contribution in [-0.4, -0.2) is 34.3 Å². The second kappa shape index (κ2) is 6.37. The van der Waals surface area contributed by atoms with Crippen LogP contribution in [-0.2, 0) is 4.74 Å². The summed E-state index contributed by atoms with van der Waals surface area (Å²) in [5, 5.41) is 0. The van der Waals surface area contributed by atoms with Gasteiger partial charge in [0.2, 0.25) is 0 Å². The van der Waals surface area contributed by atoms with Crippen LogP contribution in [0.5, 0.6) is 0 Å². The molecule has 0 N–H and O–H groups in total. The quantitative estimate of drug-likeness (QED) is 0.677. The fraction of sp³-hybridized carbons (Fsp3) is 0.600. The lowest BCUT2D eigenvalue weighted by molar-refractivity contribution is 0.0171. The summed E-state index contributed by atoms with van der Waals surface area (Å²) in [6, 6.07) is 3.69. The summed E-state index contributed by atoms with van der Waals surface area (Å²) >= 11 is 2.04.